The molecule has 5 heteroatoms. The van der Waals surface area contributed by atoms with Gasteiger partial charge in [0.25, 0.3) is 0 Å². The van der Waals surface area contributed by atoms with E-state index in [1.54, 1.807) is 0 Å². The van der Waals surface area contributed by atoms with Gasteiger partial charge in [0.05, 0.1) is 0 Å². The normalized spacial score (nSPS) is 10.4. The minimum atomic E-state index is 0.808. The molecule has 0 amide bonds. The van der Waals surface area contributed by atoms with Crippen LogP contribution in [0.1, 0.15) is 23.9 Å². The molecule has 0 aliphatic carbocycles. The highest BCUT2D eigenvalue weighted by Crippen LogP contribution is 2.27. The Labute approximate surface area is 128 Å². The van der Waals surface area contributed by atoms with Gasteiger partial charge < -0.3 is 10.6 Å². The molecule has 0 bridgehead atoms. The summed E-state index contributed by atoms with van der Waals surface area (Å²) < 4.78 is 1.15. The first-order valence-electron chi connectivity index (χ1n) is 6.63. The van der Waals surface area contributed by atoms with Gasteiger partial charge in [-0.1, -0.05) is 22.9 Å². The van der Waals surface area contributed by atoms with Crippen LogP contribution in [-0.2, 0) is 6.42 Å². The van der Waals surface area contributed by atoms with Crippen LogP contribution in [0.15, 0.2) is 22.7 Å². The standard InChI is InChI=1S/C15H19BrN4/c1-5-12-19-13(17-4)8-14(20-12)18-11-6-9(2)15(16)10(3)7-11/h6-8H,5H2,1-4H3,(H2,17,18,19,20). The van der Waals surface area contributed by atoms with Crippen molar-refractivity contribution in [2.45, 2.75) is 27.2 Å². The molecule has 0 saturated carbocycles. The molecule has 106 valence electrons. The van der Waals surface area contributed by atoms with Crippen LogP contribution in [-0.4, -0.2) is 17.0 Å². The molecular formula is C15H19BrN4. The molecule has 1 heterocycles. The fraction of sp³-hybridized carbons (Fsp3) is 0.333. The number of rotatable bonds is 4. The summed E-state index contributed by atoms with van der Waals surface area (Å²) in [7, 11) is 1.86. The molecule has 20 heavy (non-hydrogen) atoms. The zero-order valence-electron chi connectivity index (χ0n) is 12.2. The number of benzene rings is 1. The minimum Gasteiger partial charge on any atom is -0.373 e. The van der Waals surface area contributed by atoms with Gasteiger partial charge in [-0.05, 0) is 37.1 Å². The van der Waals surface area contributed by atoms with Crippen LogP contribution in [0, 0.1) is 13.8 Å². The lowest BCUT2D eigenvalue weighted by molar-refractivity contribution is 0.944. The van der Waals surface area contributed by atoms with E-state index < -0.39 is 0 Å². The van der Waals surface area contributed by atoms with Crippen LogP contribution in [0.5, 0.6) is 0 Å². The Hall–Kier alpha value is -1.62. The second-order valence-corrected chi connectivity index (χ2v) is 5.50. The largest absolute Gasteiger partial charge is 0.373 e. The van der Waals surface area contributed by atoms with E-state index in [-0.39, 0.29) is 0 Å². The molecule has 2 aromatic rings. The predicted octanol–water partition coefficient (Wildman–Crippen LogP) is 4.20. The van der Waals surface area contributed by atoms with E-state index >= 15 is 0 Å². The van der Waals surface area contributed by atoms with Gasteiger partial charge in [0, 0.05) is 29.7 Å². The Kier molecular flexibility index (Phi) is 4.60. The van der Waals surface area contributed by atoms with Crippen LogP contribution < -0.4 is 10.6 Å². The van der Waals surface area contributed by atoms with Gasteiger partial charge in [-0.3, -0.25) is 0 Å². The maximum atomic E-state index is 4.50. The van der Waals surface area contributed by atoms with E-state index in [4.69, 9.17) is 0 Å². The number of hydrogen-bond acceptors (Lipinski definition) is 4. The van der Waals surface area contributed by atoms with E-state index in [0.717, 1.165) is 34.0 Å². The van der Waals surface area contributed by atoms with E-state index in [2.05, 4.69) is 62.5 Å². The number of hydrogen-bond donors (Lipinski definition) is 2. The summed E-state index contributed by atoms with van der Waals surface area (Å²) in [6, 6.07) is 6.11. The van der Waals surface area contributed by atoms with Crippen molar-refractivity contribution in [3.8, 4) is 0 Å². The van der Waals surface area contributed by atoms with E-state index in [9.17, 15) is 0 Å². The molecule has 0 radical (unpaired) electrons. The molecule has 1 aromatic carbocycles. The molecule has 0 fully saturated rings. The van der Waals surface area contributed by atoms with Crippen molar-refractivity contribution in [2.75, 3.05) is 17.7 Å². The van der Waals surface area contributed by atoms with Gasteiger partial charge in [0.1, 0.15) is 17.5 Å². The Balaban J connectivity index is 2.34. The van der Waals surface area contributed by atoms with Crippen molar-refractivity contribution >= 4 is 33.3 Å². The fourth-order valence-electron chi connectivity index (χ4n) is 2.01. The maximum absolute atomic E-state index is 4.50. The van der Waals surface area contributed by atoms with Gasteiger partial charge in [0.2, 0.25) is 0 Å². The van der Waals surface area contributed by atoms with Crippen molar-refractivity contribution in [3.63, 3.8) is 0 Å². The molecule has 4 nitrogen and oxygen atoms in total. The number of nitrogens with one attached hydrogen (secondary N) is 2. The third-order valence-electron chi connectivity index (χ3n) is 3.05. The van der Waals surface area contributed by atoms with Crippen molar-refractivity contribution in [2.24, 2.45) is 0 Å². The first-order chi connectivity index (χ1) is 9.53. The summed E-state index contributed by atoms with van der Waals surface area (Å²) in [5.74, 6) is 2.46. The van der Waals surface area contributed by atoms with Crippen molar-refractivity contribution in [1.29, 1.82) is 0 Å². The molecule has 0 atom stereocenters. The Morgan fingerprint density at radius 2 is 1.65 bits per heavy atom. The second kappa shape index (κ2) is 6.22. The molecule has 0 unspecified atom stereocenters. The van der Waals surface area contributed by atoms with Gasteiger partial charge in [0.15, 0.2) is 0 Å². The van der Waals surface area contributed by atoms with Crippen LogP contribution in [0.4, 0.5) is 17.3 Å². The van der Waals surface area contributed by atoms with Crippen molar-refractivity contribution < 1.29 is 0 Å². The summed E-state index contributed by atoms with van der Waals surface area (Å²) in [4.78, 5) is 8.89. The lowest BCUT2D eigenvalue weighted by Crippen LogP contribution is -2.03. The highest BCUT2D eigenvalue weighted by Gasteiger charge is 2.06. The summed E-state index contributed by atoms with van der Waals surface area (Å²) in [6.45, 7) is 6.21. The third-order valence-corrected chi connectivity index (χ3v) is 4.30. The van der Waals surface area contributed by atoms with Crippen LogP contribution in [0.2, 0.25) is 0 Å². The summed E-state index contributed by atoms with van der Waals surface area (Å²) >= 11 is 3.58. The van der Waals surface area contributed by atoms with Gasteiger partial charge in [-0.15, -0.1) is 0 Å². The van der Waals surface area contributed by atoms with E-state index in [0.29, 0.717) is 0 Å². The number of aromatic nitrogens is 2. The molecular weight excluding hydrogens is 316 g/mol. The van der Waals surface area contributed by atoms with Crippen molar-refractivity contribution in [1.82, 2.24) is 9.97 Å². The fourth-order valence-corrected chi connectivity index (χ4v) is 2.24. The number of halogens is 1. The lowest BCUT2D eigenvalue weighted by atomic mass is 10.1. The summed E-state index contributed by atoms with van der Waals surface area (Å²) in [6.07, 6.45) is 0.808. The Bertz CT molecular complexity index is 580. The quantitative estimate of drug-likeness (QED) is 0.879. The van der Waals surface area contributed by atoms with E-state index in [1.165, 1.54) is 11.1 Å². The first kappa shape index (κ1) is 14.8. The first-order valence-corrected chi connectivity index (χ1v) is 7.42. The van der Waals surface area contributed by atoms with Crippen LogP contribution >= 0.6 is 15.9 Å². The molecule has 2 rings (SSSR count). The molecule has 0 aliphatic heterocycles. The number of nitrogens with zero attached hydrogens (tertiary/aromatic N) is 2. The highest BCUT2D eigenvalue weighted by atomic mass is 79.9. The van der Waals surface area contributed by atoms with Gasteiger partial charge in [-0.2, -0.15) is 0 Å². The van der Waals surface area contributed by atoms with Crippen molar-refractivity contribution in [3.05, 3.63) is 39.6 Å². The Morgan fingerprint density at radius 1 is 1.05 bits per heavy atom. The van der Waals surface area contributed by atoms with E-state index in [1.807, 2.05) is 20.0 Å². The summed E-state index contributed by atoms with van der Waals surface area (Å²) in [5, 5.41) is 6.41. The summed E-state index contributed by atoms with van der Waals surface area (Å²) in [5.41, 5.74) is 3.43. The SMILES string of the molecule is CCc1nc(NC)cc(Nc2cc(C)c(Br)c(C)c2)n1. The topological polar surface area (TPSA) is 49.8 Å². The smallest absolute Gasteiger partial charge is 0.136 e. The predicted molar refractivity (Wildman–Crippen MR) is 87.9 cm³/mol. The highest BCUT2D eigenvalue weighted by molar-refractivity contribution is 9.10. The van der Waals surface area contributed by atoms with Gasteiger partial charge in [-0.25, -0.2) is 9.97 Å². The van der Waals surface area contributed by atoms with Gasteiger partial charge >= 0.3 is 0 Å². The second-order valence-electron chi connectivity index (χ2n) is 4.71. The lowest BCUT2D eigenvalue weighted by Gasteiger charge is -2.12. The number of anilines is 3. The average Bonchev–Trinajstić information content (AvgIpc) is 2.44. The third kappa shape index (κ3) is 3.28. The van der Waals surface area contributed by atoms with Crippen LogP contribution in [0.3, 0.4) is 0 Å². The minimum absolute atomic E-state index is 0.808. The zero-order chi connectivity index (χ0) is 14.7. The molecule has 0 saturated heterocycles. The maximum Gasteiger partial charge on any atom is 0.136 e. The average molecular weight is 335 g/mol. The number of aryl methyl sites for hydroxylation is 3. The zero-order valence-corrected chi connectivity index (χ0v) is 13.8. The molecule has 0 spiro atoms. The molecule has 1 aromatic heterocycles. The Morgan fingerprint density at radius 3 is 2.20 bits per heavy atom. The molecule has 0 aliphatic rings. The van der Waals surface area contributed by atoms with Crippen LogP contribution in [0.25, 0.3) is 0 Å². The monoisotopic (exact) mass is 334 g/mol. The molecule has 2 N–H and O–H groups in total.